The number of nitrogens with zero attached hydrogens (tertiary/aromatic N) is 3. The highest BCUT2D eigenvalue weighted by Gasteiger charge is 2.29. The summed E-state index contributed by atoms with van der Waals surface area (Å²) in [6.07, 6.45) is 2.23. The normalized spacial score (nSPS) is 12.3. The van der Waals surface area contributed by atoms with Gasteiger partial charge >= 0.3 is 0 Å². The minimum atomic E-state index is -3.88. The first-order valence-corrected chi connectivity index (χ1v) is 11.9. The van der Waals surface area contributed by atoms with Gasteiger partial charge in [-0.05, 0) is 73.8 Å². The SMILES string of the molecule is CS(=O)(=O)c1c(Cl)cc(F)c(C(=O)Nc2nncn2C(I)(I)I)c1Cl. The van der Waals surface area contributed by atoms with E-state index in [0.717, 1.165) is 12.3 Å². The van der Waals surface area contributed by atoms with Gasteiger partial charge in [0.15, 0.2) is 9.84 Å². The van der Waals surface area contributed by atoms with Crippen LogP contribution in [0.5, 0.6) is 0 Å². The number of benzene rings is 1. The molecule has 0 spiro atoms. The van der Waals surface area contributed by atoms with Crippen molar-refractivity contribution in [2.24, 2.45) is 0 Å². The smallest absolute Gasteiger partial charge is 0.262 e. The Morgan fingerprint density at radius 1 is 1.36 bits per heavy atom. The van der Waals surface area contributed by atoms with Crippen molar-refractivity contribution in [3.63, 3.8) is 0 Å². The second kappa shape index (κ2) is 7.84. The largest absolute Gasteiger partial charge is 0.290 e. The molecule has 2 aromatic rings. The second-order valence-electron chi connectivity index (χ2n) is 4.58. The molecule has 0 aliphatic heterocycles. The molecule has 14 heteroatoms. The van der Waals surface area contributed by atoms with E-state index in [1.165, 1.54) is 10.9 Å². The molecular formula is C11H6Cl2FI3N4O3S. The minimum Gasteiger partial charge on any atom is -0.290 e. The molecule has 1 heterocycles. The lowest BCUT2D eigenvalue weighted by molar-refractivity contribution is 0.102. The number of hydrogen-bond acceptors (Lipinski definition) is 5. The fraction of sp³-hybridized carbons (Fsp3) is 0.182. The quantitative estimate of drug-likeness (QED) is 0.287. The zero-order valence-electron chi connectivity index (χ0n) is 11.9. The van der Waals surface area contributed by atoms with Crippen molar-refractivity contribution in [3.8, 4) is 0 Å². The maximum absolute atomic E-state index is 14.2. The second-order valence-corrected chi connectivity index (χ2v) is 18.2. The number of halogens is 6. The van der Waals surface area contributed by atoms with Crippen LogP contribution >= 0.6 is 91.0 Å². The maximum Gasteiger partial charge on any atom is 0.262 e. The number of rotatable bonds is 4. The zero-order valence-corrected chi connectivity index (χ0v) is 20.7. The van der Waals surface area contributed by atoms with Crippen molar-refractivity contribution in [2.75, 3.05) is 11.6 Å². The van der Waals surface area contributed by atoms with Gasteiger partial charge in [0.25, 0.3) is 5.91 Å². The first-order valence-electron chi connectivity index (χ1n) is 6.00. The predicted octanol–water partition coefficient (Wildman–Crippen LogP) is 4.25. The highest BCUT2D eigenvalue weighted by atomic mass is 127. The molecule has 0 unspecified atom stereocenters. The van der Waals surface area contributed by atoms with E-state index in [1.54, 1.807) is 0 Å². The van der Waals surface area contributed by atoms with Crippen LogP contribution in [-0.4, -0.2) is 35.3 Å². The molecule has 0 fully saturated rings. The third-order valence-electron chi connectivity index (χ3n) is 2.77. The van der Waals surface area contributed by atoms with Gasteiger partial charge in [-0.3, -0.25) is 14.7 Å². The van der Waals surface area contributed by atoms with Gasteiger partial charge in [0.05, 0.1) is 15.6 Å². The standard InChI is InChI=1S/C11H6Cl2FI3N4O3S/c1-25(23,24)8-4(12)2-5(14)6(7(8)13)9(22)19-10-20-18-3-21(10)11(15,16)17/h2-3H,1H3,(H,19,20,22). The number of carbonyl (C=O) groups is 1. The van der Waals surface area contributed by atoms with Crippen LogP contribution < -0.4 is 5.32 Å². The molecule has 1 aromatic carbocycles. The monoisotopic (exact) mass is 744 g/mol. The Bertz CT molecular complexity index is 962. The molecule has 0 saturated heterocycles. The summed E-state index contributed by atoms with van der Waals surface area (Å²) in [6.45, 7) is 0. The van der Waals surface area contributed by atoms with E-state index in [2.05, 4.69) is 83.3 Å². The highest BCUT2D eigenvalue weighted by molar-refractivity contribution is 14.3. The van der Waals surface area contributed by atoms with Crippen LogP contribution in [0.15, 0.2) is 17.3 Å². The van der Waals surface area contributed by atoms with Crippen LogP contribution in [0.2, 0.25) is 10.0 Å². The summed E-state index contributed by atoms with van der Waals surface area (Å²) in [4.78, 5) is 11.9. The summed E-state index contributed by atoms with van der Waals surface area (Å²) in [6, 6.07) is 0.725. The summed E-state index contributed by atoms with van der Waals surface area (Å²) in [5, 5.41) is 8.81. The Labute approximate surface area is 192 Å². The molecule has 0 saturated carbocycles. The van der Waals surface area contributed by atoms with Gasteiger partial charge in [0.2, 0.25) is 5.51 Å². The van der Waals surface area contributed by atoms with Crippen LogP contribution in [0, 0.1) is 5.82 Å². The Kier molecular flexibility index (Phi) is 6.83. The van der Waals surface area contributed by atoms with E-state index >= 15 is 0 Å². The number of amides is 1. The number of anilines is 1. The molecule has 1 N–H and O–H groups in total. The fourth-order valence-electron chi connectivity index (χ4n) is 1.79. The number of aromatic nitrogens is 3. The molecule has 1 aromatic heterocycles. The van der Waals surface area contributed by atoms with Crippen molar-refractivity contribution in [2.45, 2.75) is 4.45 Å². The molecule has 0 atom stereocenters. The zero-order chi connectivity index (χ0) is 19.2. The summed E-state index contributed by atoms with van der Waals surface area (Å²) >= 11 is 17.9. The summed E-state index contributed by atoms with van der Waals surface area (Å²) < 4.78 is 38.8. The molecule has 0 bridgehead atoms. The van der Waals surface area contributed by atoms with Crippen molar-refractivity contribution >= 4 is 113 Å². The fourth-order valence-corrected chi connectivity index (χ4v) is 5.05. The topological polar surface area (TPSA) is 93.9 Å². The van der Waals surface area contributed by atoms with Crippen molar-refractivity contribution in [1.29, 1.82) is 0 Å². The minimum absolute atomic E-state index is 0.0366. The van der Waals surface area contributed by atoms with Crippen LogP contribution in [0.25, 0.3) is 0 Å². The third kappa shape index (κ3) is 4.85. The van der Waals surface area contributed by atoms with Crippen molar-refractivity contribution < 1.29 is 17.6 Å². The van der Waals surface area contributed by atoms with E-state index in [9.17, 15) is 17.6 Å². The molecule has 0 aliphatic carbocycles. The van der Waals surface area contributed by atoms with Gasteiger partial charge in [0.1, 0.15) is 17.0 Å². The van der Waals surface area contributed by atoms with Gasteiger partial charge in [0, 0.05) is 6.26 Å². The number of sulfone groups is 1. The van der Waals surface area contributed by atoms with Crippen LogP contribution in [0.4, 0.5) is 10.3 Å². The maximum atomic E-state index is 14.2. The predicted molar refractivity (Wildman–Crippen MR) is 118 cm³/mol. The average Bonchev–Trinajstić information content (AvgIpc) is 2.83. The summed E-state index contributed by atoms with van der Waals surface area (Å²) in [5.74, 6) is -2.00. The molecule has 25 heavy (non-hydrogen) atoms. The number of hydrogen-bond donors (Lipinski definition) is 1. The number of carbonyl (C=O) groups excluding carboxylic acids is 1. The summed E-state index contributed by atoms with van der Waals surface area (Å²) in [5.41, 5.74) is -0.651. The molecular weight excluding hydrogens is 739 g/mol. The molecule has 0 radical (unpaired) electrons. The van der Waals surface area contributed by atoms with E-state index in [0.29, 0.717) is 0 Å². The Balaban J connectivity index is 2.53. The van der Waals surface area contributed by atoms with Gasteiger partial charge in [-0.15, -0.1) is 10.2 Å². The summed E-state index contributed by atoms with van der Waals surface area (Å²) in [7, 11) is -3.88. The van der Waals surface area contributed by atoms with Crippen LogP contribution in [-0.2, 0) is 9.40 Å². The first-order chi connectivity index (χ1) is 11.3. The molecule has 136 valence electrons. The molecule has 0 aliphatic rings. The van der Waals surface area contributed by atoms with E-state index in [-0.39, 0.29) is 5.95 Å². The lowest BCUT2D eigenvalue weighted by atomic mass is 10.2. The van der Waals surface area contributed by atoms with Crippen molar-refractivity contribution in [1.82, 2.24) is 14.8 Å². The Morgan fingerprint density at radius 2 is 1.96 bits per heavy atom. The van der Waals surface area contributed by atoms with Gasteiger partial charge < -0.3 is 0 Å². The van der Waals surface area contributed by atoms with Crippen LogP contribution in [0.3, 0.4) is 0 Å². The van der Waals surface area contributed by atoms with Gasteiger partial charge in [-0.1, -0.05) is 23.2 Å². The number of alkyl halides is 3. The van der Waals surface area contributed by atoms with E-state index < -0.39 is 41.6 Å². The Hall–Kier alpha value is 0.480. The average molecular weight is 745 g/mol. The first kappa shape index (κ1) is 21.8. The van der Waals surface area contributed by atoms with E-state index in [1.807, 2.05) is 0 Å². The Morgan fingerprint density at radius 3 is 2.48 bits per heavy atom. The molecule has 2 rings (SSSR count). The van der Waals surface area contributed by atoms with E-state index in [4.69, 9.17) is 23.2 Å². The number of nitrogens with one attached hydrogen (secondary N) is 1. The molecule has 7 nitrogen and oxygen atoms in total. The third-order valence-corrected chi connectivity index (χ3v) is 6.40. The van der Waals surface area contributed by atoms with Gasteiger partial charge in [-0.25, -0.2) is 12.8 Å². The lowest BCUT2D eigenvalue weighted by Crippen LogP contribution is -2.21. The van der Waals surface area contributed by atoms with Crippen LogP contribution in [0.1, 0.15) is 10.4 Å². The molecule has 1 amide bonds. The van der Waals surface area contributed by atoms with Gasteiger partial charge in [-0.2, -0.15) is 0 Å². The van der Waals surface area contributed by atoms with Crippen molar-refractivity contribution in [3.05, 3.63) is 33.8 Å². The highest BCUT2D eigenvalue weighted by Crippen LogP contribution is 2.42. The lowest BCUT2D eigenvalue weighted by Gasteiger charge is -2.17.